The number of carboxylic acid groups (broad SMARTS) is 1. The Balaban J connectivity index is 1.30. The molecule has 2 saturated heterocycles. The van der Waals surface area contributed by atoms with Crippen molar-refractivity contribution in [3.8, 4) is 0 Å². The second-order valence-electron chi connectivity index (χ2n) is 8.88. The van der Waals surface area contributed by atoms with E-state index < -0.39 is 6.09 Å². The average molecular weight is 572 g/mol. The van der Waals surface area contributed by atoms with Crippen LogP contribution >= 0.6 is 27.5 Å². The molecule has 2 atom stereocenters. The third-order valence-electron chi connectivity index (χ3n) is 6.28. The summed E-state index contributed by atoms with van der Waals surface area (Å²) in [5, 5.41) is 17.6. The van der Waals surface area contributed by atoms with E-state index in [0.717, 1.165) is 45.1 Å². The van der Waals surface area contributed by atoms with Gasteiger partial charge >= 0.3 is 6.09 Å². The van der Waals surface area contributed by atoms with Crippen molar-refractivity contribution in [1.82, 2.24) is 20.0 Å². The molecule has 190 valence electrons. The number of hydrogen-bond donors (Lipinski definition) is 2. The van der Waals surface area contributed by atoms with Crippen LogP contribution < -0.4 is 5.32 Å². The van der Waals surface area contributed by atoms with Crippen LogP contribution in [-0.2, 0) is 25.5 Å². The highest BCUT2D eigenvalue weighted by Gasteiger charge is 2.26. The number of nitrogens with one attached hydrogen (secondary N) is 1. The average Bonchev–Trinajstić information content (AvgIpc) is 3.27. The lowest BCUT2D eigenvalue weighted by Crippen LogP contribution is -2.44. The summed E-state index contributed by atoms with van der Waals surface area (Å²) in [6, 6.07) is 1.86. The highest BCUT2D eigenvalue weighted by Crippen LogP contribution is 2.36. The lowest BCUT2D eigenvalue weighted by molar-refractivity contribution is -0.127. The molecule has 2 aromatic rings. The molecule has 12 heteroatoms. The summed E-state index contributed by atoms with van der Waals surface area (Å²) in [7, 11) is 0. The molecule has 2 aliphatic heterocycles. The molecule has 0 radical (unpaired) electrons. The molecule has 0 aliphatic carbocycles. The first-order chi connectivity index (χ1) is 16.8. The van der Waals surface area contributed by atoms with Crippen LogP contribution in [0.25, 0.3) is 10.9 Å². The normalized spacial score (nSPS) is 20.7. The summed E-state index contributed by atoms with van der Waals surface area (Å²) in [5.74, 6) is -0.673. The van der Waals surface area contributed by atoms with Gasteiger partial charge in [0, 0.05) is 46.8 Å². The van der Waals surface area contributed by atoms with Gasteiger partial charge in [-0.1, -0.05) is 11.6 Å². The molecule has 10 nitrogen and oxygen atoms in total. The zero-order chi connectivity index (χ0) is 24.9. The third kappa shape index (κ3) is 6.32. The number of benzene rings is 1. The molecule has 3 heterocycles. The topological polar surface area (TPSA) is 123 Å². The number of ether oxygens (including phenoxy) is 2. The van der Waals surface area contributed by atoms with Crippen molar-refractivity contribution in [2.24, 2.45) is 5.92 Å². The first-order valence-electron chi connectivity index (χ1n) is 11.6. The SMILES string of the molecule is O=C(CCc1c(Cl)cc2c(cnn2C2CCCCO2)c1Br)CNC(=O)CC1COCN(C(=O)O)C1. The van der Waals surface area contributed by atoms with Crippen molar-refractivity contribution in [2.75, 3.05) is 33.0 Å². The van der Waals surface area contributed by atoms with E-state index in [-0.39, 0.29) is 56.5 Å². The maximum absolute atomic E-state index is 12.4. The summed E-state index contributed by atoms with van der Waals surface area (Å²) >= 11 is 10.2. The number of carbonyl (C=O) groups excluding carboxylic acids is 2. The number of amides is 2. The number of rotatable bonds is 8. The minimum absolute atomic E-state index is 0.00496. The molecular weight excluding hydrogens is 544 g/mol. The Bertz CT molecular complexity index is 1100. The fraction of sp³-hybridized carbons (Fsp3) is 0.565. The van der Waals surface area contributed by atoms with Crippen LogP contribution in [0.4, 0.5) is 4.79 Å². The van der Waals surface area contributed by atoms with Crippen LogP contribution in [0, 0.1) is 5.92 Å². The first kappa shape index (κ1) is 25.9. The van der Waals surface area contributed by atoms with E-state index in [9.17, 15) is 14.4 Å². The van der Waals surface area contributed by atoms with E-state index in [1.807, 2.05) is 10.7 Å². The Morgan fingerprint density at radius 3 is 2.89 bits per heavy atom. The molecule has 0 bridgehead atoms. The van der Waals surface area contributed by atoms with E-state index in [0.29, 0.717) is 24.7 Å². The van der Waals surface area contributed by atoms with Gasteiger partial charge in [-0.3, -0.25) is 14.5 Å². The molecule has 0 saturated carbocycles. The van der Waals surface area contributed by atoms with Crippen molar-refractivity contribution in [3.05, 3.63) is 27.3 Å². The molecule has 2 aliphatic rings. The predicted molar refractivity (Wildman–Crippen MR) is 131 cm³/mol. The van der Waals surface area contributed by atoms with E-state index in [4.69, 9.17) is 26.2 Å². The molecule has 2 fully saturated rings. The number of Topliss-reactive ketones (excluding diaryl/α,β-unsaturated/α-hetero) is 1. The Hall–Kier alpha value is -2.21. The number of nitrogens with zero attached hydrogens (tertiary/aromatic N) is 3. The van der Waals surface area contributed by atoms with Crippen molar-refractivity contribution in [1.29, 1.82) is 0 Å². The predicted octanol–water partition coefficient (Wildman–Crippen LogP) is 3.74. The van der Waals surface area contributed by atoms with Crippen LogP contribution in [0.3, 0.4) is 0 Å². The number of hydrogen-bond acceptors (Lipinski definition) is 6. The second kappa shape index (κ2) is 11.7. The Labute approximate surface area is 216 Å². The molecule has 0 spiro atoms. The molecule has 2 amide bonds. The molecule has 35 heavy (non-hydrogen) atoms. The number of aromatic nitrogens is 2. The van der Waals surface area contributed by atoms with Gasteiger partial charge in [0.05, 0.1) is 24.9 Å². The van der Waals surface area contributed by atoms with Crippen molar-refractivity contribution >= 4 is 56.2 Å². The quantitative estimate of drug-likeness (QED) is 0.495. The minimum atomic E-state index is -1.08. The summed E-state index contributed by atoms with van der Waals surface area (Å²) in [4.78, 5) is 36.8. The summed E-state index contributed by atoms with van der Waals surface area (Å²) in [5.41, 5.74) is 1.69. The van der Waals surface area contributed by atoms with Crippen molar-refractivity contribution in [2.45, 2.75) is 44.8 Å². The van der Waals surface area contributed by atoms with Gasteiger partial charge in [0.25, 0.3) is 0 Å². The van der Waals surface area contributed by atoms with Crippen molar-refractivity contribution < 1.29 is 29.0 Å². The lowest BCUT2D eigenvalue weighted by Gasteiger charge is -2.30. The maximum Gasteiger partial charge on any atom is 0.409 e. The zero-order valence-corrected chi connectivity index (χ0v) is 21.5. The van der Waals surface area contributed by atoms with E-state index in [1.165, 1.54) is 0 Å². The van der Waals surface area contributed by atoms with Crippen LogP contribution in [0.15, 0.2) is 16.7 Å². The van der Waals surface area contributed by atoms with Crippen LogP contribution in [0.5, 0.6) is 0 Å². The van der Waals surface area contributed by atoms with Crippen molar-refractivity contribution in [3.63, 3.8) is 0 Å². The first-order valence-corrected chi connectivity index (χ1v) is 12.8. The fourth-order valence-corrected chi connectivity index (χ4v) is 5.55. The Kier molecular flexibility index (Phi) is 8.64. The summed E-state index contributed by atoms with van der Waals surface area (Å²) < 4.78 is 13.8. The molecule has 2 unspecified atom stereocenters. The highest BCUT2D eigenvalue weighted by molar-refractivity contribution is 9.10. The van der Waals surface area contributed by atoms with Gasteiger partial charge in [-0.05, 0) is 53.2 Å². The maximum atomic E-state index is 12.4. The smallest absolute Gasteiger partial charge is 0.409 e. The second-order valence-corrected chi connectivity index (χ2v) is 10.1. The standard InChI is InChI=1S/C23H28BrClN4O6/c24-22-16(18(25)8-19-17(22)10-27-29(19)21-3-1-2-6-35-21)5-4-15(30)9-26-20(31)7-14-11-28(23(32)33)13-34-12-14/h8,10,14,21H,1-7,9,11-13H2,(H,26,31)(H,32,33). The Morgan fingerprint density at radius 2 is 2.14 bits per heavy atom. The van der Waals surface area contributed by atoms with Gasteiger partial charge in [-0.15, -0.1) is 0 Å². The number of fused-ring (bicyclic) bond motifs is 1. The summed E-state index contributed by atoms with van der Waals surface area (Å²) in [6.07, 6.45) is 4.36. The van der Waals surface area contributed by atoms with Gasteiger partial charge in [-0.2, -0.15) is 5.10 Å². The van der Waals surface area contributed by atoms with Gasteiger partial charge in [-0.25, -0.2) is 9.48 Å². The van der Waals surface area contributed by atoms with E-state index >= 15 is 0 Å². The summed E-state index contributed by atoms with van der Waals surface area (Å²) in [6.45, 7) is 1.17. The third-order valence-corrected chi connectivity index (χ3v) is 7.52. The van der Waals surface area contributed by atoms with Crippen LogP contribution in [0.2, 0.25) is 5.02 Å². The van der Waals surface area contributed by atoms with E-state index in [2.05, 4.69) is 26.3 Å². The van der Waals surface area contributed by atoms with Gasteiger partial charge < -0.3 is 19.9 Å². The molecule has 1 aromatic heterocycles. The van der Waals surface area contributed by atoms with Gasteiger partial charge in [0.15, 0.2) is 12.0 Å². The highest BCUT2D eigenvalue weighted by atomic mass is 79.9. The molecular formula is C23H28BrClN4O6. The molecule has 1 aromatic carbocycles. The fourth-order valence-electron chi connectivity index (χ4n) is 4.42. The largest absolute Gasteiger partial charge is 0.465 e. The van der Waals surface area contributed by atoms with Crippen LogP contribution in [0.1, 0.15) is 43.9 Å². The van der Waals surface area contributed by atoms with E-state index in [1.54, 1.807) is 6.20 Å². The molecule has 2 N–H and O–H groups in total. The monoisotopic (exact) mass is 570 g/mol. The molecule has 4 rings (SSSR count). The minimum Gasteiger partial charge on any atom is -0.465 e. The number of ketones is 1. The van der Waals surface area contributed by atoms with Gasteiger partial charge in [0.2, 0.25) is 5.91 Å². The van der Waals surface area contributed by atoms with Crippen LogP contribution in [-0.4, -0.2) is 70.6 Å². The zero-order valence-electron chi connectivity index (χ0n) is 19.2. The lowest BCUT2D eigenvalue weighted by atomic mass is 10.0. The number of halogens is 2. The number of carbonyl (C=O) groups is 3. The van der Waals surface area contributed by atoms with Gasteiger partial charge in [0.1, 0.15) is 6.73 Å². The Morgan fingerprint density at radius 1 is 1.31 bits per heavy atom.